The minimum Gasteiger partial charge on any atom is -0.353 e. The van der Waals surface area contributed by atoms with Crippen LogP contribution >= 0.6 is 0 Å². The predicted molar refractivity (Wildman–Crippen MR) is 114 cm³/mol. The van der Waals surface area contributed by atoms with Crippen molar-refractivity contribution in [2.75, 3.05) is 36.0 Å². The molecule has 1 fully saturated rings. The molecule has 4 heterocycles. The summed E-state index contributed by atoms with van der Waals surface area (Å²) < 4.78 is 1.67. The number of rotatable bonds is 4. The Labute approximate surface area is 177 Å². The Hall–Kier alpha value is -4.15. The van der Waals surface area contributed by atoms with Gasteiger partial charge in [0.2, 0.25) is 0 Å². The Kier molecular flexibility index (Phi) is 4.62. The van der Waals surface area contributed by atoms with E-state index in [4.69, 9.17) is 4.98 Å². The smallest absolute Gasteiger partial charge is 0.269 e. The molecule has 0 saturated carbocycles. The van der Waals surface area contributed by atoms with Crippen LogP contribution in [0.5, 0.6) is 0 Å². The number of hydrogen-bond acceptors (Lipinski definition) is 9. The molecular weight excluding hydrogens is 398 g/mol. The van der Waals surface area contributed by atoms with Crippen LogP contribution in [-0.2, 0) is 0 Å². The van der Waals surface area contributed by atoms with E-state index in [0.717, 1.165) is 54.7 Å². The number of benzene rings is 1. The maximum atomic E-state index is 10.9. The third-order valence-corrected chi connectivity index (χ3v) is 5.25. The summed E-state index contributed by atoms with van der Waals surface area (Å²) in [6, 6.07) is 12.1. The Balaban J connectivity index is 1.33. The number of piperazine rings is 1. The average molecular weight is 417 g/mol. The van der Waals surface area contributed by atoms with Crippen molar-refractivity contribution >= 4 is 23.0 Å². The van der Waals surface area contributed by atoms with Gasteiger partial charge in [-0.2, -0.15) is 4.52 Å². The van der Waals surface area contributed by atoms with E-state index in [2.05, 4.69) is 30.1 Å². The summed E-state index contributed by atoms with van der Waals surface area (Å²) in [5.74, 6) is 2.30. The first-order chi connectivity index (χ1) is 15.1. The fourth-order valence-corrected chi connectivity index (χ4v) is 3.63. The topological polar surface area (TPSA) is 118 Å². The molecule has 5 rings (SSSR count). The molecule has 11 heteroatoms. The summed E-state index contributed by atoms with van der Waals surface area (Å²) in [5, 5.41) is 23.3. The molecule has 11 nitrogen and oxygen atoms in total. The van der Waals surface area contributed by atoms with E-state index in [0.29, 0.717) is 5.82 Å². The number of aromatic nitrogens is 6. The quantitative estimate of drug-likeness (QED) is 0.363. The maximum absolute atomic E-state index is 10.9. The highest BCUT2D eigenvalue weighted by Gasteiger charge is 2.21. The van der Waals surface area contributed by atoms with Crippen LogP contribution in [0, 0.1) is 17.0 Å². The largest absolute Gasteiger partial charge is 0.353 e. The molecule has 0 radical (unpaired) electrons. The maximum Gasteiger partial charge on any atom is 0.269 e. The third kappa shape index (κ3) is 3.72. The zero-order chi connectivity index (χ0) is 21.4. The second-order valence-corrected chi connectivity index (χ2v) is 7.29. The predicted octanol–water partition coefficient (Wildman–Crippen LogP) is 2.12. The molecule has 0 aliphatic carbocycles. The zero-order valence-corrected chi connectivity index (χ0v) is 16.8. The number of aryl methyl sites for hydroxylation is 1. The minimum absolute atomic E-state index is 0.0472. The first-order valence-electron chi connectivity index (χ1n) is 9.84. The van der Waals surface area contributed by atoms with Gasteiger partial charge in [-0.1, -0.05) is 0 Å². The van der Waals surface area contributed by atoms with Gasteiger partial charge >= 0.3 is 0 Å². The molecule has 0 spiro atoms. The van der Waals surface area contributed by atoms with Crippen molar-refractivity contribution < 1.29 is 4.92 Å². The molecule has 1 aromatic carbocycles. The van der Waals surface area contributed by atoms with Gasteiger partial charge in [-0.05, 0) is 31.2 Å². The van der Waals surface area contributed by atoms with Gasteiger partial charge in [-0.25, -0.2) is 9.97 Å². The minimum atomic E-state index is -0.415. The number of non-ortho nitro benzene ring substituents is 1. The fourth-order valence-electron chi connectivity index (χ4n) is 3.63. The lowest BCUT2D eigenvalue weighted by Gasteiger charge is -2.36. The Morgan fingerprint density at radius 2 is 1.65 bits per heavy atom. The van der Waals surface area contributed by atoms with E-state index in [9.17, 15) is 10.1 Å². The first-order valence-corrected chi connectivity index (χ1v) is 9.84. The first kappa shape index (κ1) is 18.9. The summed E-state index contributed by atoms with van der Waals surface area (Å²) >= 11 is 0. The fraction of sp³-hybridized carbons (Fsp3) is 0.250. The van der Waals surface area contributed by atoms with Crippen LogP contribution in [0.4, 0.5) is 17.3 Å². The molecule has 4 aromatic rings. The molecule has 0 bridgehead atoms. The normalized spacial score (nSPS) is 14.2. The molecule has 1 aliphatic rings. The SMILES string of the molecule is Cc1cc(N2CCN(c3ccc4nncn4n3)CC2)nc(-c2ccc([N+](=O)[O-])cc2)n1. The number of hydrogen-bond donors (Lipinski definition) is 0. The van der Waals surface area contributed by atoms with Crippen LogP contribution in [0.3, 0.4) is 0 Å². The van der Waals surface area contributed by atoms with Gasteiger partial charge in [0.05, 0.1) is 4.92 Å². The molecule has 0 N–H and O–H groups in total. The van der Waals surface area contributed by atoms with Crippen molar-refractivity contribution in [3.8, 4) is 11.4 Å². The van der Waals surface area contributed by atoms with Gasteiger partial charge in [0.1, 0.15) is 18.0 Å². The highest BCUT2D eigenvalue weighted by Crippen LogP contribution is 2.24. The van der Waals surface area contributed by atoms with Gasteiger partial charge in [-0.3, -0.25) is 10.1 Å². The lowest BCUT2D eigenvalue weighted by Crippen LogP contribution is -2.47. The van der Waals surface area contributed by atoms with Gasteiger partial charge in [0, 0.05) is 55.6 Å². The highest BCUT2D eigenvalue weighted by atomic mass is 16.6. The summed E-state index contributed by atoms with van der Waals surface area (Å²) in [6.07, 6.45) is 1.60. The van der Waals surface area contributed by atoms with Crippen LogP contribution in [0.2, 0.25) is 0 Å². The standard InChI is InChI=1S/C20H19N9O2/c1-14-12-19(23-20(22-14)15-2-4-16(5-3-15)29(30)31)27-10-8-26(9-11-27)18-7-6-17-24-21-13-28(17)25-18/h2-7,12-13H,8-11H2,1H3. The van der Waals surface area contributed by atoms with Crippen molar-refractivity contribution in [2.45, 2.75) is 6.92 Å². The van der Waals surface area contributed by atoms with E-state index in [-0.39, 0.29) is 5.69 Å². The number of nitrogens with zero attached hydrogens (tertiary/aromatic N) is 9. The van der Waals surface area contributed by atoms with Crippen molar-refractivity contribution in [1.29, 1.82) is 0 Å². The van der Waals surface area contributed by atoms with Crippen molar-refractivity contribution in [2.24, 2.45) is 0 Å². The van der Waals surface area contributed by atoms with Gasteiger partial charge < -0.3 is 9.80 Å². The average Bonchev–Trinajstić information content (AvgIpc) is 3.27. The number of fused-ring (bicyclic) bond motifs is 1. The molecule has 1 saturated heterocycles. The Morgan fingerprint density at radius 1 is 0.935 bits per heavy atom. The van der Waals surface area contributed by atoms with E-state index >= 15 is 0 Å². The monoisotopic (exact) mass is 417 g/mol. The van der Waals surface area contributed by atoms with Gasteiger partial charge in [0.15, 0.2) is 11.5 Å². The van der Waals surface area contributed by atoms with E-state index in [1.165, 1.54) is 12.1 Å². The number of nitro groups is 1. The lowest BCUT2D eigenvalue weighted by atomic mass is 10.2. The van der Waals surface area contributed by atoms with Crippen molar-refractivity contribution in [1.82, 2.24) is 29.8 Å². The van der Waals surface area contributed by atoms with Crippen LogP contribution in [0.25, 0.3) is 17.0 Å². The molecule has 0 amide bonds. The van der Waals surface area contributed by atoms with Crippen molar-refractivity contribution in [3.63, 3.8) is 0 Å². The van der Waals surface area contributed by atoms with Gasteiger partial charge in [-0.15, -0.1) is 15.3 Å². The molecule has 0 unspecified atom stereocenters. The highest BCUT2D eigenvalue weighted by molar-refractivity contribution is 5.60. The summed E-state index contributed by atoms with van der Waals surface area (Å²) in [4.78, 5) is 24.2. The zero-order valence-electron chi connectivity index (χ0n) is 16.8. The van der Waals surface area contributed by atoms with E-state index < -0.39 is 4.92 Å². The lowest BCUT2D eigenvalue weighted by molar-refractivity contribution is -0.384. The van der Waals surface area contributed by atoms with E-state index in [1.54, 1.807) is 23.0 Å². The molecule has 31 heavy (non-hydrogen) atoms. The molecular formula is C20H19N9O2. The molecule has 1 aliphatic heterocycles. The third-order valence-electron chi connectivity index (χ3n) is 5.25. The summed E-state index contributed by atoms with van der Waals surface area (Å²) in [6.45, 7) is 5.11. The van der Waals surface area contributed by atoms with Crippen LogP contribution in [0.15, 0.2) is 48.8 Å². The Bertz CT molecular complexity index is 1250. The van der Waals surface area contributed by atoms with E-state index in [1.807, 2.05) is 25.1 Å². The summed E-state index contributed by atoms with van der Waals surface area (Å²) in [7, 11) is 0. The summed E-state index contributed by atoms with van der Waals surface area (Å²) in [5.41, 5.74) is 2.37. The van der Waals surface area contributed by atoms with Crippen LogP contribution < -0.4 is 9.80 Å². The second-order valence-electron chi connectivity index (χ2n) is 7.29. The van der Waals surface area contributed by atoms with Crippen molar-refractivity contribution in [3.05, 3.63) is 64.6 Å². The van der Waals surface area contributed by atoms with Crippen LogP contribution in [-0.4, -0.2) is 60.9 Å². The number of nitro benzene ring substituents is 1. The molecule has 156 valence electrons. The van der Waals surface area contributed by atoms with Crippen LogP contribution in [0.1, 0.15) is 5.69 Å². The van der Waals surface area contributed by atoms with Gasteiger partial charge in [0.25, 0.3) is 5.69 Å². The molecule has 0 atom stereocenters. The Morgan fingerprint density at radius 3 is 2.35 bits per heavy atom. The molecule has 3 aromatic heterocycles. The number of anilines is 2. The second kappa shape index (κ2) is 7.59.